The van der Waals surface area contributed by atoms with Crippen molar-refractivity contribution in [1.29, 1.82) is 0 Å². The highest BCUT2D eigenvalue weighted by Crippen LogP contribution is 2.27. The molecule has 8 nitrogen and oxygen atoms in total. The molecule has 1 aliphatic heterocycles. The van der Waals surface area contributed by atoms with Gasteiger partial charge in [0, 0.05) is 55.2 Å². The summed E-state index contributed by atoms with van der Waals surface area (Å²) in [5.41, 5.74) is 4.11. The van der Waals surface area contributed by atoms with E-state index in [9.17, 15) is 9.59 Å². The van der Waals surface area contributed by atoms with Crippen LogP contribution in [0.25, 0.3) is 10.6 Å². The molecule has 5 rings (SSSR count). The first kappa shape index (κ1) is 23.6. The summed E-state index contributed by atoms with van der Waals surface area (Å²) < 4.78 is 0. The Morgan fingerprint density at radius 2 is 1.67 bits per heavy atom. The van der Waals surface area contributed by atoms with Crippen molar-refractivity contribution in [2.75, 3.05) is 36.4 Å². The summed E-state index contributed by atoms with van der Waals surface area (Å²) in [5.74, 6) is 0.535. The molecule has 1 N–H and O–H groups in total. The van der Waals surface area contributed by atoms with Crippen LogP contribution in [0, 0.1) is 6.92 Å². The van der Waals surface area contributed by atoms with Gasteiger partial charge < -0.3 is 15.1 Å². The zero-order valence-electron chi connectivity index (χ0n) is 19.9. The van der Waals surface area contributed by atoms with Gasteiger partial charge >= 0.3 is 0 Å². The fourth-order valence-electron chi connectivity index (χ4n) is 4.11. The van der Waals surface area contributed by atoms with Gasteiger partial charge in [0.15, 0.2) is 0 Å². The maximum Gasteiger partial charge on any atom is 0.275 e. The molecule has 0 spiro atoms. The summed E-state index contributed by atoms with van der Waals surface area (Å²) in [4.78, 5) is 42.6. The molecule has 9 heteroatoms. The molecule has 1 aliphatic rings. The normalized spacial score (nSPS) is 13.5. The molecule has 0 atom stereocenters. The number of aryl methyl sites for hydroxylation is 1. The molecule has 1 saturated heterocycles. The van der Waals surface area contributed by atoms with Gasteiger partial charge in [0.05, 0.1) is 6.42 Å². The molecular formula is C27H26N6O2S. The molecule has 1 fully saturated rings. The van der Waals surface area contributed by atoms with Gasteiger partial charge in [-0.25, -0.2) is 15.0 Å². The highest BCUT2D eigenvalue weighted by molar-refractivity contribution is 7.13. The first-order valence-electron chi connectivity index (χ1n) is 11.8. The molecule has 2 amide bonds. The Morgan fingerprint density at radius 1 is 0.944 bits per heavy atom. The van der Waals surface area contributed by atoms with Crippen LogP contribution in [0.3, 0.4) is 0 Å². The van der Waals surface area contributed by atoms with E-state index in [1.165, 1.54) is 11.3 Å². The van der Waals surface area contributed by atoms with Gasteiger partial charge in [-0.2, -0.15) is 0 Å². The number of piperazine rings is 1. The van der Waals surface area contributed by atoms with Crippen LogP contribution in [0.1, 0.15) is 21.6 Å². The van der Waals surface area contributed by atoms with Gasteiger partial charge in [0.1, 0.15) is 10.7 Å². The summed E-state index contributed by atoms with van der Waals surface area (Å²) in [6, 6.07) is 17.2. The van der Waals surface area contributed by atoms with Crippen LogP contribution in [0.15, 0.2) is 72.4 Å². The second-order valence-electron chi connectivity index (χ2n) is 8.60. The van der Waals surface area contributed by atoms with Crippen LogP contribution in [0.2, 0.25) is 0 Å². The Balaban J connectivity index is 1.14. The second kappa shape index (κ2) is 10.7. The molecule has 0 unspecified atom stereocenters. The van der Waals surface area contributed by atoms with Gasteiger partial charge in [0.25, 0.3) is 5.91 Å². The zero-order chi connectivity index (χ0) is 24.9. The summed E-state index contributed by atoms with van der Waals surface area (Å²) in [6.45, 7) is 4.74. The summed E-state index contributed by atoms with van der Waals surface area (Å²) in [7, 11) is 0. The molecule has 182 valence electrons. The quantitative estimate of drug-likeness (QED) is 0.431. The van der Waals surface area contributed by atoms with Crippen LogP contribution in [-0.4, -0.2) is 57.8 Å². The van der Waals surface area contributed by atoms with E-state index in [0.29, 0.717) is 49.9 Å². The van der Waals surface area contributed by atoms with E-state index in [2.05, 4.69) is 25.2 Å². The van der Waals surface area contributed by atoms with Gasteiger partial charge in [-0.15, -0.1) is 11.3 Å². The summed E-state index contributed by atoms with van der Waals surface area (Å²) in [5, 5.41) is 5.49. The first-order chi connectivity index (χ1) is 17.6. The number of hydrogen-bond donors (Lipinski definition) is 1. The Kier molecular flexibility index (Phi) is 6.99. The number of amides is 2. The molecule has 4 aromatic rings. The predicted octanol–water partition coefficient (Wildman–Crippen LogP) is 4.05. The number of anilines is 2. The number of benzene rings is 2. The van der Waals surface area contributed by atoms with E-state index in [4.69, 9.17) is 0 Å². The van der Waals surface area contributed by atoms with Crippen molar-refractivity contribution in [3.63, 3.8) is 0 Å². The number of rotatable bonds is 6. The van der Waals surface area contributed by atoms with Crippen LogP contribution in [0.5, 0.6) is 0 Å². The van der Waals surface area contributed by atoms with Gasteiger partial charge in [-0.3, -0.25) is 9.59 Å². The second-order valence-corrected chi connectivity index (χ2v) is 9.46. The monoisotopic (exact) mass is 498 g/mol. The predicted molar refractivity (Wildman–Crippen MR) is 141 cm³/mol. The molecule has 2 aromatic carbocycles. The van der Waals surface area contributed by atoms with E-state index in [0.717, 1.165) is 21.7 Å². The number of nitrogens with one attached hydrogen (secondary N) is 1. The number of thiazole rings is 1. The van der Waals surface area contributed by atoms with Crippen molar-refractivity contribution < 1.29 is 9.59 Å². The number of carbonyl (C=O) groups excluding carboxylic acids is 2. The average Bonchev–Trinajstić information content (AvgIpc) is 3.41. The van der Waals surface area contributed by atoms with Crippen LogP contribution >= 0.6 is 11.3 Å². The lowest BCUT2D eigenvalue weighted by Crippen LogP contribution is -2.49. The Bertz CT molecular complexity index is 1350. The molecule has 3 heterocycles. The number of carbonyl (C=O) groups is 2. The zero-order valence-corrected chi connectivity index (χ0v) is 20.7. The van der Waals surface area contributed by atoms with E-state index in [1.807, 2.05) is 60.4 Å². The molecule has 0 aliphatic carbocycles. The average molecular weight is 499 g/mol. The Hall–Kier alpha value is -4.11. The van der Waals surface area contributed by atoms with Crippen molar-refractivity contribution in [2.24, 2.45) is 0 Å². The minimum Gasteiger partial charge on any atom is -0.339 e. The molecule has 2 aromatic heterocycles. The maximum atomic E-state index is 12.8. The van der Waals surface area contributed by atoms with Gasteiger partial charge in [0.2, 0.25) is 11.9 Å². The Labute approximate surface area is 213 Å². The lowest BCUT2D eigenvalue weighted by molar-refractivity contribution is -0.130. The maximum absolute atomic E-state index is 12.8. The standard InChI is InChI=1S/C27H26N6O2S/c1-19-5-2-3-6-22(19)26-31-23(18-36-26)25(35)30-21-9-7-20(8-10-21)17-24(34)32-13-15-33(16-14-32)27-28-11-4-12-29-27/h2-12,18H,13-17H2,1H3,(H,30,35). The number of aromatic nitrogens is 3. The summed E-state index contributed by atoms with van der Waals surface area (Å²) >= 11 is 1.45. The van der Waals surface area contributed by atoms with Crippen molar-refractivity contribution in [2.45, 2.75) is 13.3 Å². The van der Waals surface area contributed by atoms with E-state index in [1.54, 1.807) is 23.8 Å². The van der Waals surface area contributed by atoms with Crippen molar-refractivity contribution in [3.8, 4) is 10.6 Å². The fourth-order valence-corrected chi connectivity index (χ4v) is 5.00. The first-order valence-corrected chi connectivity index (χ1v) is 12.7. The topological polar surface area (TPSA) is 91.3 Å². The molecule has 0 saturated carbocycles. The molecule has 0 radical (unpaired) electrons. The highest BCUT2D eigenvalue weighted by Gasteiger charge is 2.22. The fraction of sp³-hybridized carbons (Fsp3) is 0.222. The third-order valence-electron chi connectivity index (χ3n) is 6.15. The van der Waals surface area contributed by atoms with Crippen LogP contribution in [0.4, 0.5) is 11.6 Å². The van der Waals surface area contributed by atoms with Gasteiger partial charge in [-0.1, -0.05) is 36.4 Å². The van der Waals surface area contributed by atoms with Crippen molar-refractivity contribution in [3.05, 3.63) is 89.2 Å². The van der Waals surface area contributed by atoms with E-state index in [-0.39, 0.29) is 11.8 Å². The summed E-state index contributed by atoms with van der Waals surface area (Å²) in [6.07, 6.45) is 3.78. The van der Waals surface area contributed by atoms with E-state index < -0.39 is 0 Å². The smallest absolute Gasteiger partial charge is 0.275 e. The Morgan fingerprint density at radius 3 is 2.39 bits per heavy atom. The number of nitrogens with zero attached hydrogens (tertiary/aromatic N) is 5. The largest absolute Gasteiger partial charge is 0.339 e. The lowest BCUT2D eigenvalue weighted by Gasteiger charge is -2.34. The molecule has 36 heavy (non-hydrogen) atoms. The van der Waals surface area contributed by atoms with E-state index >= 15 is 0 Å². The third-order valence-corrected chi connectivity index (χ3v) is 7.02. The lowest BCUT2D eigenvalue weighted by atomic mass is 10.1. The molecule has 0 bridgehead atoms. The number of hydrogen-bond acceptors (Lipinski definition) is 7. The minimum absolute atomic E-state index is 0.0895. The van der Waals surface area contributed by atoms with Crippen molar-refractivity contribution >= 4 is 34.8 Å². The van der Waals surface area contributed by atoms with Gasteiger partial charge in [-0.05, 0) is 36.2 Å². The molecular weight excluding hydrogens is 472 g/mol. The highest BCUT2D eigenvalue weighted by atomic mass is 32.1. The van der Waals surface area contributed by atoms with Crippen molar-refractivity contribution in [1.82, 2.24) is 19.9 Å². The SMILES string of the molecule is Cc1ccccc1-c1nc(C(=O)Nc2ccc(CC(=O)N3CCN(c4ncccn4)CC3)cc2)cs1. The van der Waals surface area contributed by atoms with Crippen LogP contribution < -0.4 is 10.2 Å². The van der Waals surface area contributed by atoms with Crippen LogP contribution in [-0.2, 0) is 11.2 Å². The minimum atomic E-state index is -0.254. The third kappa shape index (κ3) is 5.41.